The molecule has 0 saturated carbocycles. The number of Topliss-reactive ketones (excluding diaryl/α,β-unsaturated/α-hetero) is 1. The van der Waals surface area contributed by atoms with E-state index in [0.29, 0.717) is 12.8 Å². The fraction of sp³-hybridized carbons (Fsp3) is 0.533. The molecular weight excluding hydrogens is 212 g/mol. The van der Waals surface area contributed by atoms with Gasteiger partial charge in [0.05, 0.1) is 0 Å². The quantitative estimate of drug-likeness (QED) is 0.846. The molecule has 0 radical (unpaired) electrons. The van der Waals surface area contributed by atoms with Crippen molar-refractivity contribution < 1.29 is 9.90 Å². The van der Waals surface area contributed by atoms with Gasteiger partial charge in [0.15, 0.2) is 5.78 Å². The Labute approximate surface area is 103 Å². The first-order valence-electron chi connectivity index (χ1n) is 6.52. The van der Waals surface area contributed by atoms with Crippen molar-refractivity contribution in [1.82, 2.24) is 0 Å². The Morgan fingerprint density at radius 3 is 2.88 bits per heavy atom. The average molecular weight is 232 g/mol. The lowest BCUT2D eigenvalue weighted by Crippen LogP contribution is -2.21. The van der Waals surface area contributed by atoms with Crippen molar-refractivity contribution in [2.24, 2.45) is 0 Å². The Morgan fingerprint density at radius 1 is 1.35 bits per heavy atom. The predicted octanol–water partition coefficient (Wildman–Crippen LogP) is 2.45. The van der Waals surface area contributed by atoms with Crippen LogP contribution in [0.2, 0.25) is 0 Å². The summed E-state index contributed by atoms with van der Waals surface area (Å²) in [6.07, 6.45) is 4.53. The van der Waals surface area contributed by atoms with Crippen molar-refractivity contribution in [1.29, 1.82) is 0 Å². The van der Waals surface area contributed by atoms with E-state index in [0.717, 1.165) is 18.4 Å². The largest absolute Gasteiger partial charge is 0.385 e. The van der Waals surface area contributed by atoms with Crippen LogP contribution in [0.4, 0.5) is 0 Å². The Kier molecular flexibility index (Phi) is 3.95. The molecule has 0 saturated heterocycles. The summed E-state index contributed by atoms with van der Waals surface area (Å²) in [7, 11) is 0. The number of carbonyl (C=O) groups is 1. The number of carbonyl (C=O) groups excluding carboxylic acids is 1. The minimum Gasteiger partial charge on any atom is -0.385 e. The number of ketones is 1. The Morgan fingerprint density at radius 2 is 2.12 bits per heavy atom. The van der Waals surface area contributed by atoms with Crippen molar-refractivity contribution in [3.05, 3.63) is 34.9 Å². The van der Waals surface area contributed by atoms with E-state index in [4.69, 9.17) is 0 Å². The van der Waals surface area contributed by atoms with Crippen molar-refractivity contribution >= 4 is 5.78 Å². The second kappa shape index (κ2) is 5.46. The van der Waals surface area contributed by atoms with Crippen molar-refractivity contribution in [2.45, 2.75) is 51.6 Å². The van der Waals surface area contributed by atoms with Gasteiger partial charge in [0, 0.05) is 6.42 Å². The number of rotatable bonds is 5. The molecule has 17 heavy (non-hydrogen) atoms. The zero-order valence-electron chi connectivity index (χ0n) is 10.4. The van der Waals surface area contributed by atoms with Crippen LogP contribution in [0.15, 0.2) is 18.2 Å². The SMILES string of the molecule is CCCC(O)C(=O)Cc1ccc2c(c1)CCC2. The van der Waals surface area contributed by atoms with E-state index >= 15 is 0 Å². The van der Waals surface area contributed by atoms with E-state index in [1.54, 1.807) is 0 Å². The molecule has 2 heteroatoms. The summed E-state index contributed by atoms with van der Waals surface area (Å²) in [4.78, 5) is 11.8. The normalized spacial score (nSPS) is 15.6. The van der Waals surface area contributed by atoms with Crippen LogP contribution in [0, 0.1) is 0 Å². The van der Waals surface area contributed by atoms with E-state index in [-0.39, 0.29) is 5.78 Å². The van der Waals surface area contributed by atoms with Crippen LogP contribution < -0.4 is 0 Å². The van der Waals surface area contributed by atoms with Gasteiger partial charge in [0.25, 0.3) is 0 Å². The molecule has 1 atom stereocenters. The van der Waals surface area contributed by atoms with Gasteiger partial charge < -0.3 is 5.11 Å². The fourth-order valence-electron chi connectivity index (χ4n) is 2.49. The van der Waals surface area contributed by atoms with Crippen LogP contribution in [0.3, 0.4) is 0 Å². The van der Waals surface area contributed by atoms with Gasteiger partial charge >= 0.3 is 0 Å². The van der Waals surface area contributed by atoms with Gasteiger partial charge in [-0.3, -0.25) is 4.79 Å². The van der Waals surface area contributed by atoms with Crippen molar-refractivity contribution in [2.75, 3.05) is 0 Å². The van der Waals surface area contributed by atoms with Crippen LogP contribution in [-0.4, -0.2) is 17.0 Å². The molecular formula is C15H20O2. The molecule has 0 heterocycles. The van der Waals surface area contributed by atoms with Gasteiger partial charge in [-0.2, -0.15) is 0 Å². The van der Waals surface area contributed by atoms with Crippen LogP contribution in [0.5, 0.6) is 0 Å². The highest BCUT2D eigenvalue weighted by Crippen LogP contribution is 2.23. The first-order chi connectivity index (χ1) is 8.20. The van der Waals surface area contributed by atoms with Gasteiger partial charge in [0.2, 0.25) is 0 Å². The maximum atomic E-state index is 11.8. The summed E-state index contributed by atoms with van der Waals surface area (Å²) >= 11 is 0. The summed E-state index contributed by atoms with van der Waals surface area (Å²) in [6.45, 7) is 1.98. The molecule has 1 N–H and O–H groups in total. The van der Waals surface area contributed by atoms with E-state index < -0.39 is 6.10 Å². The molecule has 1 aromatic rings. The third-order valence-corrected chi connectivity index (χ3v) is 3.48. The number of hydrogen-bond acceptors (Lipinski definition) is 2. The predicted molar refractivity (Wildman–Crippen MR) is 68.1 cm³/mol. The standard InChI is InChI=1S/C15H20O2/c1-2-4-14(16)15(17)10-11-7-8-12-5-3-6-13(12)9-11/h7-9,14,16H,2-6,10H2,1H3. The topological polar surface area (TPSA) is 37.3 Å². The molecule has 1 aromatic carbocycles. The molecule has 0 aromatic heterocycles. The van der Waals surface area contributed by atoms with E-state index in [9.17, 15) is 9.90 Å². The highest BCUT2D eigenvalue weighted by Gasteiger charge is 2.16. The highest BCUT2D eigenvalue weighted by atomic mass is 16.3. The third kappa shape index (κ3) is 2.95. The highest BCUT2D eigenvalue weighted by molar-refractivity contribution is 5.85. The van der Waals surface area contributed by atoms with Crippen LogP contribution in [0.1, 0.15) is 42.9 Å². The minimum atomic E-state index is -0.784. The lowest BCUT2D eigenvalue weighted by Gasteiger charge is -2.09. The Hall–Kier alpha value is -1.15. The van der Waals surface area contributed by atoms with Crippen LogP contribution in [0.25, 0.3) is 0 Å². The summed E-state index contributed by atoms with van der Waals surface area (Å²) in [5.41, 5.74) is 3.86. The molecule has 2 rings (SSSR count). The lowest BCUT2D eigenvalue weighted by atomic mass is 9.99. The van der Waals surface area contributed by atoms with Crippen molar-refractivity contribution in [3.8, 4) is 0 Å². The average Bonchev–Trinajstić information content (AvgIpc) is 2.76. The fourth-order valence-corrected chi connectivity index (χ4v) is 2.49. The lowest BCUT2D eigenvalue weighted by molar-refractivity contribution is -0.126. The number of aliphatic hydroxyl groups excluding tert-OH is 1. The first-order valence-corrected chi connectivity index (χ1v) is 6.52. The monoisotopic (exact) mass is 232 g/mol. The number of hydrogen-bond donors (Lipinski definition) is 1. The molecule has 0 bridgehead atoms. The zero-order valence-corrected chi connectivity index (χ0v) is 10.4. The second-order valence-corrected chi connectivity index (χ2v) is 4.90. The Balaban J connectivity index is 2.01. The summed E-state index contributed by atoms with van der Waals surface area (Å²) < 4.78 is 0. The summed E-state index contributed by atoms with van der Waals surface area (Å²) in [5, 5.41) is 9.62. The molecule has 0 aliphatic heterocycles. The van der Waals surface area contributed by atoms with Gasteiger partial charge in [-0.05, 0) is 42.4 Å². The third-order valence-electron chi connectivity index (χ3n) is 3.48. The number of aliphatic hydroxyl groups is 1. The van der Waals surface area contributed by atoms with Crippen LogP contribution in [-0.2, 0) is 24.1 Å². The summed E-state index contributed by atoms with van der Waals surface area (Å²) in [6, 6.07) is 6.30. The summed E-state index contributed by atoms with van der Waals surface area (Å²) in [5.74, 6) is -0.0511. The van der Waals surface area contributed by atoms with Gasteiger partial charge in [-0.25, -0.2) is 0 Å². The van der Waals surface area contributed by atoms with E-state index in [2.05, 4.69) is 12.1 Å². The molecule has 1 unspecified atom stereocenters. The van der Waals surface area contributed by atoms with Crippen molar-refractivity contribution in [3.63, 3.8) is 0 Å². The van der Waals surface area contributed by atoms with E-state index in [1.807, 2.05) is 13.0 Å². The molecule has 0 spiro atoms. The second-order valence-electron chi connectivity index (χ2n) is 4.90. The molecule has 2 nitrogen and oxygen atoms in total. The molecule has 92 valence electrons. The minimum absolute atomic E-state index is 0.0511. The Bertz CT molecular complexity index is 409. The first kappa shape index (κ1) is 12.3. The smallest absolute Gasteiger partial charge is 0.165 e. The number of benzene rings is 1. The van der Waals surface area contributed by atoms with Crippen LogP contribution >= 0.6 is 0 Å². The number of fused-ring (bicyclic) bond motifs is 1. The molecule has 1 aliphatic carbocycles. The van der Waals surface area contributed by atoms with E-state index in [1.165, 1.54) is 24.0 Å². The maximum absolute atomic E-state index is 11.8. The van der Waals surface area contributed by atoms with Gasteiger partial charge in [-0.15, -0.1) is 0 Å². The zero-order chi connectivity index (χ0) is 12.3. The number of aryl methyl sites for hydroxylation is 2. The molecule has 0 fully saturated rings. The van der Waals surface area contributed by atoms with Gasteiger partial charge in [-0.1, -0.05) is 31.5 Å². The maximum Gasteiger partial charge on any atom is 0.165 e. The molecule has 1 aliphatic rings. The molecule has 0 amide bonds. The van der Waals surface area contributed by atoms with Gasteiger partial charge in [0.1, 0.15) is 6.10 Å².